The summed E-state index contributed by atoms with van der Waals surface area (Å²) in [6.07, 6.45) is 6.96. The standard InChI is InChI=1S/C22H35FN4O2.HI/c1-2-24-21(27-17-22(12-15-28)10-4-3-5-11-22)26-14-13-25-20(29)16-18-6-8-19(23)9-7-18;/h6-9,28H,2-5,10-17H2,1H3,(H,25,29)(H2,24,26,27);1H. The van der Waals surface area contributed by atoms with Crippen molar-refractivity contribution < 1.29 is 14.3 Å². The van der Waals surface area contributed by atoms with E-state index in [-0.39, 0.29) is 54.1 Å². The lowest BCUT2D eigenvalue weighted by atomic mass is 9.72. The molecule has 0 unspecified atom stereocenters. The average molecular weight is 534 g/mol. The van der Waals surface area contributed by atoms with E-state index in [1.165, 1.54) is 31.4 Å². The van der Waals surface area contributed by atoms with Crippen molar-refractivity contribution >= 4 is 35.8 Å². The van der Waals surface area contributed by atoms with Gasteiger partial charge in [-0.3, -0.25) is 9.79 Å². The number of carbonyl (C=O) groups excluding carboxylic acids is 1. The number of amides is 1. The van der Waals surface area contributed by atoms with Crippen LogP contribution in [0.25, 0.3) is 0 Å². The van der Waals surface area contributed by atoms with Crippen LogP contribution in [-0.4, -0.2) is 49.8 Å². The molecular weight excluding hydrogens is 498 g/mol. The normalized spacial score (nSPS) is 15.8. The van der Waals surface area contributed by atoms with E-state index >= 15 is 0 Å². The quantitative estimate of drug-likeness (QED) is 0.161. The molecule has 0 aliphatic heterocycles. The van der Waals surface area contributed by atoms with Gasteiger partial charge in [-0.25, -0.2) is 4.39 Å². The minimum atomic E-state index is -0.303. The van der Waals surface area contributed by atoms with Crippen molar-refractivity contribution in [3.05, 3.63) is 35.6 Å². The maximum Gasteiger partial charge on any atom is 0.224 e. The lowest BCUT2D eigenvalue weighted by Crippen LogP contribution is -2.42. The van der Waals surface area contributed by atoms with Crippen molar-refractivity contribution in [1.82, 2.24) is 16.0 Å². The zero-order chi connectivity index (χ0) is 21.0. The molecule has 2 rings (SSSR count). The molecule has 6 nitrogen and oxygen atoms in total. The Morgan fingerprint density at radius 1 is 1.10 bits per heavy atom. The highest BCUT2D eigenvalue weighted by atomic mass is 127. The third kappa shape index (κ3) is 9.59. The highest BCUT2D eigenvalue weighted by Gasteiger charge is 2.31. The Bertz CT molecular complexity index is 644. The summed E-state index contributed by atoms with van der Waals surface area (Å²) in [7, 11) is 0. The van der Waals surface area contributed by atoms with Gasteiger partial charge in [-0.05, 0) is 49.3 Å². The maximum atomic E-state index is 12.9. The van der Waals surface area contributed by atoms with Crippen molar-refractivity contribution in [1.29, 1.82) is 0 Å². The van der Waals surface area contributed by atoms with Crippen molar-refractivity contribution in [3.8, 4) is 0 Å². The summed E-state index contributed by atoms with van der Waals surface area (Å²) in [5.74, 6) is 0.343. The van der Waals surface area contributed by atoms with Gasteiger partial charge in [-0.1, -0.05) is 31.4 Å². The predicted octanol–water partition coefficient (Wildman–Crippen LogP) is 2.99. The molecule has 1 aliphatic rings. The topological polar surface area (TPSA) is 85.8 Å². The van der Waals surface area contributed by atoms with E-state index in [0.29, 0.717) is 19.6 Å². The Balaban J connectivity index is 0.00000450. The zero-order valence-corrected chi connectivity index (χ0v) is 20.2. The molecule has 1 aromatic carbocycles. The summed E-state index contributed by atoms with van der Waals surface area (Å²) in [4.78, 5) is 16.8. The van der Waals surface area contributed by atoms with E-state index in [4.69, 9.17) is 4.99 Å². The summed E-state index contributed by atoms with van der Waals surface area (Å²) >= 11 is 0. The van der Waals surface area contributed by atoms with Crippen molar-refractivity contribution in [2.24, 2.45) is 10.4 Å². The molecule has 1 aromatic rings. The van der Waals surface area contributed by atoms with Crippen LogP contribution in [0.1, 0.15) is 51.0 Å². The predicted molar refractivity (Wildman–Crippen MR) is 130 cm³/mol. The molecule has 1 aliphatic carbocycles. The Hall–Kier alpha value is -1.42. The van der Waals surface area contributed by atoms with Gasteiger partial charge in [0, 0.05) is 32.8 Å². The first-order valence-corrected chi connectivity index (χ1v) is 10.7. The smallest absolute Gasteiger partial charge is 0.224 e. The van der Waals surface area contributed by atoms with Crippen LogP contribution in [-0.2, 0) is 11.2 Å². The number of carbonyl (C=O) groups is 1. The first-order chi connectivity index (χ1) is 14.1. The zero-order valence-electron chi connectivity index (χ0n) is 17.9. The molecule has 30 heavy (non-hydrogen) atoms. The molecule has 8 heteroatoms. The SMILES string of the molecule is CCNC(=NCC1(CCO)CCCCC1)NCCNC(=O)Cc1ccc(F)cc1.I. The van der Waals surface area contributed by atoms with Gasteiger partial charge in [0.1, 0.15) is 5.82 Å². The van der Waals surface area contributed by atoms with Gasteiger partial charge in [-0.2, -0.15) is 0 Å². The van der Waals surface area contributed by atoms with Crippen LogP contribution in [0, 0.1) is 11.2 Å². The second kappa shape index (κ2) is 14.6. The van der Waals surface area contributed by atoms with Crippen LogP contribution < -0.4 is 16.0 Å². The second-order valence-corrected chi connectivity index (χ2v) is 7.81. The number of rotatable bonds is 10. The van der Waals surface area contributed by atoms with Gasteiger partial charge >= 0.3 is 0 Å². The first kappa shape index (κ1) is 26.6. The van der Waals surface area contributed by atoms with Gasteiger partial charge in [0.25, 0.3) is 0 Å². The number of guanidine groups is 1. The first-order valence-electron chi connectivity index (χ1n) is 10.7. The third-order valence-corrected chi connectivity index (χ3v) is 5.49. The Labute approximate surface area is 196 Å². The van der Waals surface area contributed by atoms with Crippen LogP contribution in [0.2, 0.25) is 0 Å². The molecule has 0 aromatic heterocycles. The average Bonchev–Trinajstić information content (AvgIpc) is 2.72. The molecule has 0 radical (unpaired) electrons. The number of aliphatic imine (C=N–C) groups is 1. The molecule has 0 bridgehead atoms. The van der Waals surface area contributed by atoms with E-state index in [2.05, 4.69) is 16.0 Å². The molecule has 1 fully saturated rings. The Morgan fingerprint density at radius 3 is 2.40 bits per heavy atom. The maximum absolute atomic E-state index is 12.9. The monoisotopic (exact) mass is 534 g/mol. The second-order valence-electron chi connectivity index (χ2n) is 7.81. The molecule has 0 heterocycles. The van der Waals surface area contributed by atoms with Crippen LogP contribution in [0.5, 0.6) is 0 Å². The Kier molecular flexibility index (Phi) is 12.9. The fourth-order valence-electron chi connectivity index (χ4n) is 3.85. The van der Waals surface area contributed by atoms with Crippen molar-refractivity contribution in [3.63, 3.8) is 0 Å². The van der Waals surface area contributed by atoms with E-state index in [1.807, 2.05) is 6.92 Å². The highest BCUT2D eigenvalue weighted by molar-refractivity contribution is 14.0. The molecule has 1 amide bonds. The van der Waals surface area contributed by atoms with E-state index in [1.54, 1.807) is 12.1 Å². The van der Waals surface area contributed by atoms with Crippen LogP contribution in [0.3, 0.4) is 0 Å². The number of aliphatic hydroxyl groups excluding tert-OH is 1. The van der Waals surface area contributed by atoms with Crippen LogP contribution in [0.15, 0.2) is 29.3 Å². The number of hydrogen-bond acceptors (Lipinski definition) is 3. The Morgan fingerprint density at radius 2 is 1.77 bits per heavy atom. The number of nitrogens with zero attached hydrogens (tertiary/aromatic N) is 1. The van der Waals surface area contributed by atoms with Gasteiger partial charge in [0.2, 0.25) is 5.91 Å². The number of halogens is 2. The highest BCUT2D eigenvalue weighted by Crippen LogP contribution is 2.39. The fourth-order valence-corrected chi connectivity index (χ4v) is 3.85. The minimum Gasteiger partial charge on any atom is -0.396 e. The van der Waals surface area contributed by atoms with Crippen LogP contribution in [0.4, 0.5) is 4.39 Å². The van der Waals surface area contributed by atoms with Gasteiger partial charge in [0.15, 0.2) is 5.96 Å². The van der Waals surface area contributed by atoms with Gasteiger partial charge in [-0.15, -0.1) is 24.0 Å². The number of nitrogens with one attached hydrogen (secondary N) is 3. The van der Waals surface area contributed by atoms with E-state index in [9.17, 15) is 14.3 Å². The molecule has 170 valence electrons. The van der Waals surface area contributed by atoms with E-state index < -0.39 is 0 Å². The van der Waals surface area contributed by atoms with Crippen LogP contribution >= 0.6 is 24.0 Å². The molecule has 1 saturated carbocycles. The fraction of sp³-hybridized carbons (Fsp3) is 0.636. The van der Waals surface area contributed by atoms with Gasteiger partial charge in [0.05, 0.1) is 6.42 Å². The van der Waals surface area contributed by atoms with Crippen molar-refractivity contribution in [2.75, 3.05) is 32.8 Å². The number of benzene rings is 1. The van der Waals surface area contributed by atoms with Crippen molar-refractivity contribution in [2.45, 2.75) is 51.9 Å². The molecule has 4 N–H and O–H groups in total. The van der Waals surface area contributed by atoms with Gasteiger partial charge < -0.3 is 21.1 Å². The number of aliphatic hydroxyl groups is 1. The molecule has 0 saturated heterocycles. The lowest BCUT2D eigenvalue weighted by Gasteiger charge is -2.35. The minimum absolute atomic E-state index is 0. The third-order valence-electron chi connectivity index (χ3n) is 5.49. The van der Waals surface area contributed by atoms with E-state index in [0.717, 1.165) is 37.3 Å². The summed E-state index contributed by atoms with van der Waals surface area (Å²) < 4.78 is 12.9. The summed E-state index contributed by atoms with van der Waals surface area (Å²) in [5, 5.41) is 18.8. The largest absolute Gasteiger partial charge is 0.396 e. The number of hydrogen-bond donors (Lipinski definition) is 4. The molecular formula is C22H36FIN4O2. The molecule has 0 atom stereocenters. The summed E-state index contributed by atoms with van der Waals surface area (Å²) in [5.41, 5.74) is 0.895. The summed E-state index contributed by atoms with van der Waals surface area (Å²) in [6, 6.07) is 5.96. The molecule has 0 spiro atoms. The lowest BCUT2D eigenvalue weighted by molar-refractivity contribution is -0.120. The summed E-state index contributed by atoms with van der Waals surface area (Å²) in [6.45, 7) is 4.74.